The number of nitrogens with zero attached hydrogens (tertiary/aromatic N) is 5. The van der Waals surface area contributed by atoms with Crippen molar-refractivity contribution in [3.8, 4) is 21.6 Å². The number of anilines is 2. The van der Waals surface area contributed by atoms with Crippen LogP contribution in [0.25, 0.3) is 21.6 Å². The molecule has 448 valence electrons. The lowest BCUT2D eigenvalue weighted by Crippen LogP contribution is -2.55. The number of β-amino-alcohol motifs (C(OH)–C–C–N with tert-alkyl or cyclic N) is 1. The maximum Gasteiger partial charge on any atom is 0.417 e. The number of amides is 5. The van der Waals surface area contributed by atoms with E-state index in [0.717, 1.165) is 41.5 Å². The Morgan fingerprint density at radius 2 is 1.54 bits per heavy atom. The first-order valence-corrected chi connectivity index (χ1v) is 29.1. The second-order valence-corrected chi connectivity index (χ2v) is 23.1. The number of likely N-dealkylation sites (tertiary alicyclic amines) is 1. The van der Waals surface area contributed by atoms with Gasteiger partial charge in [0.25, 0.3) is 11.8 Å². The number of H-pyrrole nitrogens is 1. The topological polar surface area (TPSA) is 235 Å². The lowest BCUT2D eigenvalue weighted by molar-refractivity contribution is -0.141. The highest BCUT2D eigenvalue weighted by Gasteiger charge is 2.44. The van der Waals surface area contributed by atoms with Crippen molar-refractivity contribution >= 4 is 52.2 Å². The summed E-state index contributed by atoms with van der Waals surface area (Å²) >= 11 is 1.51. The molecule has 0 aliphatic carbocycles. The van der Waals surface area contributed by atoms with Gasteiger partial charge >= 0.3 is 6.18 Å². The van der Waals surface area contributed by atoms with Gasteiger partial charge in [-0.25, -0.2) is 9.37 Å². The number of benzene rings is 3. The van der Waals surface area contributed by atoms with Gasteiger partial charge in [0.2, 0.25) is 23.3 Å². The second-order valence-electron chi connectivity index (χ2n) is 22.3. The van der Waals surface area contributed by atoms with Crippen LogP contribution in [0.3, 0.4) is 0 Å². The van der Waals surface area contributed by atoms with Crippen molar-refractivity contribution < 1.29 is 51.2 Å². The standard InChI is InChI=1S/C61H72F4N10O8S/c1-34(2)55(52-23-35(3)72-83-52)60(82)75-32-43(76)26-51(75)59(81)70-48(39-13-15-40(16-14-39)56-38(6)69-33-84-56)28-54(78)66-21-11-9-8-10-12-22-67-57(79)42-17-19-47(62)44(24-42)41-18-20-50(74-30-36(4)73(7)37(5)31-74)49(25-41)71-58(80)45-29-68-53(77)27-46(45)61(63,64)65/h13-20,23-25,27,29,33-34,36-37,43,48,51,55,76H,8-12,21-22,26,28,30-32H2,1-7H3,(H,66,78)(H,67,79)(H,68,77)(H,70,81)(H,71,80)/t36-,37+,43-,48?,51+,55?/m1/s1. The van der Waals surface area contributed by atoms with Crippen LogP contribution in [0.15, 0.2) is 93.8 Å². The van der Waals surface area contributed by atoms with Crippen LogP contribution in [-0.4, -0.2) is 124 Å². The molecule has 6 N–H and O–H groups in total. The zero-order chi connectivity index (χ0) is 60.6. The van der Waals surface area contributed by atoms with E-state index in [1.807, 2.05) is 70.8 Å². The number of aromatic amines is 1. The lowest BCUT2D eigenvalue weighted by Gasteiger charge is -2.44. The Bertz CT molecular complexity index is 3370. The van der Waals surface area contributed by atoms with Crippen LogP contribution in [0.1, 0.15) is 134 Å². The minimum Gasteiger partial charge on any atom is -0.391 e. The Kier molecular flexibility index (Phi) is 20.2. The summed E-state index contributed by atoms with van der Waals surface area (Å²) in [7, 11) is 1.99. The number of aliphatic hydroxyl groups excluding tert-OH is 1. The number of halogens is 4. The number of hydrogen-bond donors (Lipinski definition) is 6. The smallest absolute Gasteiger partial charge is 0.391 e. The number of likely N-dealkylation sites (N-methyl/N-ethyl adjacent to an activating group) is 1. The number of thiazole rings is 1. The molecular formula is C61H72F4N10O8S. The fourth-order valence-corrected chi connectivity index (χ4v) is 11.7. The van der Waals surface area contributed by atoms with Crippen LogP contribution in [0, 0.1) is 25.6 Å². The number of carbonyl (C=O) groups is 5. The molecule has 3 aromatic heterocycles. The Morgan fingerprint density at radius 1 is 0.857 bits per heavy atom. The molecule has 5 heterocycles. The van der Waals surface area contributed by atoms with E-state index < -0.39 is 70.5 Å². The SMILES string of the molecule is Cc1cc(C(C(=O)N2C[C@H](O)C[C@H]2C(=O)NC(CC(=O)NCCCCCCCNC(=O)c2ccc(F)c(-c3ccc(N4C[C@@H](C)N(C)[C@@H](C)C4)c(NC(=O)c4c[nH]c(=O)cc4C(F)(F)F)c3)c2)c2ccc(-c3scnc3C)cc2)C(C)C)on1. The summed E-state index contributed by atoms with van der Waals surface area (Å²) in [6.45, 7) is 13.2. The van der Waals surface area contributed by atoms with Crippen molar-refractivity contribution in [2.45, 2.75) is 129 Å². The highest BCUT2D eigenvalue weighted by molar-refractivity contribution is 7.13. The third-order valence-corrected chi connectivity index (χ3v) is 16.7. The number of aliphatic hydroxyl groups is 1. The number of hydrogen-bond acceptors (Lipinski definition) is 13. The van der Waals surface area contributed by atoms with Crippen molar-refractivity contribution in [2.24, 2.45) is 5.92 Å². The minimum absolute atomic E-state index is 0.0218. The van der Waals surface area contributed by atoms with E-state index in [1.54, 1.807) is 30.6 Å². The van der Waals surface area contributed by atoms with Crippen LogP contribution >= 0.6 is 11.3 Å². The van der Waals surface area contributed by atoms with Crippen molar-refractivity contribution in [1.82, 2.24) is 40.9 Å². The zero-order valence-corrected chi connectivity index (χ0v) is 48.9. The monoisotopic (exact) mass is 1180 g/mol. The molecule has 6 atom stereocenters. The predicted octanol–water partition coefficient (Wildman–Crippen LogP) is 9.15. The van der Waals surface area contributed by atoms with Crippen molar-refractivity contribution in [3.05, 3.63) is 140 Å². The van der Waals surface area contributed by atoms with Crippen LogP contribution in [0.2, 0.25) is 0 Å². The third kappa shape index (κ3) is 15.1. The van der Waals surface area contributed by atoms with E-state index in [2.05, 4.69) is 41.3 Å². The summed E-state index contributed by atoms with van der Waals surface area (Å²) in [5.74, 6) is -3.96. The fourth-order valence-electron chi connectivity index (χ4n) is 10.9. The van der Waals surface area contributed by atoms with E-state index in [1.165, 1.54) is 34.4 Å². The molecule has 0 spiro atoms. The predicted molar refractivity (Wildman–Crippen MR) is 312 cm³/mol. The van der Waals surface area contributed by atoms with Gasteiger partial charge in [-0.2, -0.15) is 13.2 Å². The van der Waals surface area contributed by atoms with Gasteiger partial charge in [0.1, 0.15) is 23.5 Å². The van der Waals surface area contributed by atoms with E-state index in [9.17, 15) is 47.0 Å². The average molecular weight is 1180 g/mol. The average Bonchev–Trinajstić information content (AvgIpc) is 4.33. The molecule has 2 unspecified atom stereocenters. The maximum atomic E-state index is 15.7. The third-order valence-electron chi connectivity index (χ3n) is 15.7. The Balaban J connectivity index is 0.844. The first-order chi connectivity index (χ1) is 40.0. The number of aryl methyl sites for hydroxylation is 2. The number of rotatable bonds is 22. The van der Waals surface area contributed by atoms with Gasteiger partial charge in [-0.1, -0.05) is 68.6 Å². The van der Waals surface area contributed by atoms with E-state index in [0.29, 0.717) is 74.0 Å². The molecule has 2 fully saturated rings. The molecule has 0 radical (unpaired) electrons. The Labute approximate surface area is 488 Å². The summed E-state index contributed by atoms with van der Waals surface area (Å²) in [5.41, 5.74) is 2.67. The van der Waals surface area contributed by atoms with Gasteiger partial charge in [0.05, 0.1) is 62.8 Å². The summed E-state index contributed by atoms with van der Waals surface area (Å²) in [5, 5.41) is 26.3. The molecule has 5 amide bonds. The molecular weight excluding hydrogens is 1110 g/mol. The first kappa shape index (κ1) is 62.3. The van der Waals surface area contributed by atoms with Crippen molar-refractivity contribution in [2.75, 3.05) is 50.0 Å². The van der Waals surface area contributed by atoms with E-state index in [4.69, 9.17) is 4.52 Å². The summed E-state index contributed by atoms with van der Waals surface area (Å²) in [4.78, 5) is 93.9. The molecule has 8 rings (SSSR count). The van der Waals surface area contributed by atoms with Gasteiger partial charge in [0, 0.05) is 80.7 Å². The van der Waals surface area contributed by atoms with Crippen LogP contribution in [-0.2, 0) is 20.6 Å². The minimum atomic E-state index is -5.01. The van der Waals surface area contributed by atoms with Crippen molar-refractivity contribution in [1.29, 1.82) is 0 Å². The normalized spacial score (nSPS) is 18.2. The molecule has 2 aliphatic rings. The Morgan fingerprint density at radius 3 is 2.18 bits per heavy atom. The molecule has 84 heavy (non-hydrogen) atoms. The molecule has 3 aromatic carbocycles. The first-order valence-electron chi connectivity index (χ1n) is 28.3. The number of piperazine rings is 1. The zero-order valence-electron chi connectivity index (χ0n) is 48.1. The van der Waals surface area contributed by atoms with E-state index >= 15 is 4.39 Å². The molecule has 23 heteroatoms. The Hall–Kier alpha value is -7.76. The van der Waals surface area contributed by atoms with Crippen LogP contribution in [0.4, 0.5) is 28.9 Å². The molecule has 6 aromatic rings. The van der Waals surface area contributed by atoms with Crippen LogP contribution in [0.5, 0.6) is 0 Å². The summed E-state index contributed by atoms with van der Waals surface area (Å²) < 4.78 is 63.3. The summed E-state index contributed by atoms with van der Waals surface area (Å²) in [6, 6.07) is 16.6. The molecule has 18 nitrogen and oxygen atoms in total. The molecule has 2 saturated heterocycles. The lowest BCUT2D eigenvalue weighted by atomic mass is 9.91. The molecule has 0 saturated carbocycles. The number of aromatic nitrogens is 3. The maximum absolute atomic E-state index is 15.7. The number of carbonyl (C=O) groups excluding carboxylic acids is 5. The van der Waals surface area contributed by atoms with E-state index in [-0.39, 0.29) is 71.6 Å². The molecule has 0 bridgehead atoms. The quantitative estimate of drug-likeness (QED) is 0.0276. The number of nitrogens with one attached hydrogen (secondary N) is 5. The largest absolute Gasteiger partial charge is 0.417 e. The van der Waals surface area contributed by atoms with Gasteiger partial charge in [-0.3, -0.25) is 33.7 Å². The highest BCUT2D eigenvalue weighted by Crippen LogP contribution is 2.38. The summed E-state index contributed by atoms with van der Waals surface area (Å²) in [6.07, 6.45) is -1.67. The second kappa shape index (κ2) is 27.3. The number of unbranched alkanes of at least 4 members (excludes halogenated alkanes) is 4. The van der Waals surface area contributed by atoms with Gasteiger partial charge in [0.15, 0.2) is 0 Å². The van der Waals surface area contributed by atoms with Crippen molar-refractivity contribution in [3.63, 3.8) is 0 Å². The number of alkyl halides is 3. The number of pyridine rings is 1. The van der Waals surface area contributed by atoms with Gasteiger partial charge in [-0.15, -0.1) is 11.3 Å². The van der Waals surface area contributed by atoms with Gasteiger partial charge in [-0.05, 0) is 101 Å². The fraction of sp³-hybridized carbons (Fsp3) is 0.443. The van der Waals surface area contributed by atoms with Gasteiger partial charge < -0.3 is 45.7 Å². The highest BCUT2D eigenvalue weighted by atomic mass is 32.1. The van der Waals surface area contributed by atoms with Crippen LogP contribution < -0.4 is 31.7 Å². The molecule has 2 aliphatic heterocycles.